The van der Waals surface area contributed by atoms with Crippen LogP contribution in [0, 0.1) is 0 Å². The zero-order valence-electron chi connectivity index (χ0n) is 20.7. The van der Waals surface area contributed by atoms with Crippen molar-refractivity contribution in [3.05, 3.63) is 77.9 Å². The minimum Gasteiger partial charge on any atom is -0.494 e. The van der Waals surface area contributed by atoms with Crippen molar-refractivity contribution in [3.63, 3.8) is 0 Å². The molecule has 36 heavy (non-hydrogen) atoms. The highest BCUT2D eigenvalue weighted by molar-refractivity contribution is 9.09. The SMILES string of the molecule is COc1ccc(C(=O)c2c(-c3cccc(OCCCCCCCBr)c3)oc3ccccc23)cc1OC. The molecule has 0 radical (unpaired) electrons. The Morgan fingerprint density at radius 2 is 1.61 bits per heavy atom. The van der Waals surface area contributed by atoms with Crippen molar-refractivity contribution in [2.45, 2.75) is 32.1 Å². The molecular formula is C30H31BrO5. The quantitative estimate of drug-likeness (QED) is 0.0956. The van der Waals surface area contributed by atoms with Crippen molar-refractivity contribution >= 4 is 32.7 Å². The van der Waals surface area contributed by atoms with Crippen LogP contribution in [0.4, 0.5) is 0 Å². The lowest BCUT2D eigenvalue weighted by Gasteiger charge is -2.10. The number of furan rings is 1. The number of rotatable bonds is 13. The molecule has 0 aliphatic carbocycles. The minimum absolute atomic E-state index is 0.147. The van der Waals surface area contributed by atoms with E-state index in [-0.39, 0.29) is 5.78 Å². The lowest BCUT2D eigenvalue weighted by molar-refractivity contribution is 0.104. The van der Waals surface area contributed by atoms with E-state index in [9.17, 15) is 4.79 Å². The summed E-state index contributed by atoms with van der Waals surface area (Å²) in [6, 6.07) is 20.5. The average molecular weight is 551 g/mol. The number of unbranched alkanes of at least 4 members (excludes halogenated alkanes) is 4. The second-order valence-corrected chi connectivity index (χ2v) is 9.33. The van der Waals surface area contributed by atoms with Crippen molar-refractivity contribution in [3.8, 4) is 28.6 Å². The van der Waals surface area contributed by atoms with E-state index in [1.54, 1.807) is 32.4 Å². The van der Waals surface area contributed by atoms with Crippen LogP contribution in [0.2, 0.25) is 0 Å². The minimum atomic E-state index is -0.147. The molecule has 0 bridgehead atoms. The molecule has 0 saturated heterocycles. The molecule has 0 aliphatic heterocycles. The van der Waals surface area contributed by atoms with Crippen molar-refractivity contribution in [1.82, 2.24) is 0 Å². The van der Waals surface area contributed by atoms with E-state index in [1.807, 2.05) is 48.5 Å². The van der Waals surface area contributed by atoms with Gasteiger partial charge >= 0.3 is 0 Å². The molecule has 0 saturated carbocycles. The number of carbonyl (C=O) groups is 1. The molecule has 0 amide bonds. The fourth-order valence-electron chi connectivity index (χ4n) is 4.24. The first-order valence-electron chi connectivity index (χ1n) is 12.2. The van der Waals surface area contributed by atoms with Crippen molar-refractivity contribution in [2.75, 3.05) is 26.2 Å². The number of halogens is 1. The number of alkyl halides is 1. The van der Waals surface area contributed by atoms with E-state index in [0.717, 1.165) is 34.9 Å². The fourth-order valence-corrected chi connectivity index (χ4v) is 4.64. The van der Waals surface area contributed by atoms with Crippen molar-refractivity contribution in [1.29, 1.82) is 0 Å². The highest BCUT2D eigenvalue weighted by atomic mass is 79.9. The molecule has 0 atom stereocenters. The van der Waals surface area contributed by atoms with Crippen LogP contribution in [-0.2, 0) is 0 Å². The van der Waals surface area contributed by atoms with Gasteiger partial charge in [0.25, 0.3) is 0 Å². The van der Waals surface area contributed by atoms with Crippen LogP contribution in [0.1, 0.15) is 48.0 Å². The van der Waals surface area contributed by atoms with Gasteiger partial charge in [0.2, 0.25) is 0 Å². The number of hydrogen-bond donors (Lipinski definition) is 0. The van der Waals surface area contributed by atoms with Gasteiger partial charge < -0.3 is 18.6 Å². The lowest BCUT2D eigenvalue weighted by Crippen LogP contribution is -2.03. The second-order valence-electron chi connectivity index (χ2n) is 8.53. The highest BCUT2D eigenvalue weighted by Crippen LogP contribution is 2.37. The fraction of sp³-hybridized carbons (Fsp3) is 0.300. The summed E-state index contributed by atoms with van der Waals surface area (Å²) in [4.78, 5) is 13.8. The zero-order chi connectivity index (χ0) is 25.3. The third kappa shape index (κ3) is 5.93. The molecule has 5 nitrogen and oxygen atoms in total. The molecule has 1 aromatic heterocycles. The Morgan fingerprint density at radius 1 is 0.833 bits per heavy atom. The highest BCUT2D eigenvalue weighted by Gasteiger charge is 2.24. The summed E-state index contributed by atoms with van der Waals surface area (Å²) in [6.45, 7) is 0.662. The number of methoxy groups -OCH3 is 2. The molecule has 0 spiro atoms. The smallest absolute Gasteiger partial charge is 0.197 e. The molecule has 1 heterocycles. The Labute approximate surface area is 220 Å². The van der Waals surface area contributed by atoms with E-state index in [0.29, 0.717) is 40.6 Å². The summed E-state index contributed by atoms with van der Waals surface area (Å²) in [5.41, 5.74) is 2.46. The van der Waals surface area contributed by atoms with Crippen LogP contribution in [0.25, 0.3) is 22.3 Å². The van der Waals surface area contributed by atoms with E-state index in [1.165, 1.54) is 19.3 Å². The summed E-state index contributed by atoms with van der Waals surface area (Å²) in [6.07, 6.45) is 5.84. The maximum absolute atomic E-state index is 13.8. The van der Waals surface area contributed by atoms with Gasteiger partial charge in [0.15, 0.2) is 17.3 Å². The van der Waals surface area contributed by atoms with Crippen LogP contribution >= 0.6 is 15.9 Å². The van der Waals surface area contributed by atoms with E-state index in [2.05, 4.69) is 15.9 Å². The summed E-state index contributed by atoms with van der Waals surface area (Å²) < 4.78 is 23.0. The number of fused-ring (bicyclic) bond motifs is 1. The molecule has 4 aromatic rings. The number of hydrogen-bond acceptors (Lipinski definition) is 5. The second kappa shape index (κ2) is 12.6. The number of benzene rings is 3. The van der Waals surface area contributed by atoms with Gasteiger partial charge in [-0.25, -0.2) is 0 Å². The maximum atomic E-state index is 13.8. The van der Waals surface area contributed by atoms with Gasteiger partial charge in [-0.05, 0) is 49.2 Å². The number of carbonyl (C=O) groups excluding carboxylic acids is 1. The summed E-state index contributed by atoms with van der Waals surface area (Å²) in [7, 11) is 3.13. The van der Waals surface area contributed by atoms with Crippen LogP contribution < -0.4 is 14.2 Å². The van der Waals surface area contributed by atoms with Crippen LogP contribution in [0.3, 0.4) is 0 Å². The molecular weight excluding hydrogens is 520 g/mol. The normalized spacial score (nSPS) is 11.0. The number of ketones is 1. The molecule has 0 aliphatic rings. The van der Waals surface area contributed by atoms with Gasteiger partial charge in [-0.2, -0.15) is 0 Å². The molecule has 188 valence electrons. The Bertz CT molecular complexity index is 1310. The van der Waals surface area contributed by atoms with Crippen LogP contribution in [-0.4, -0.2) is 31.9 Å². The molecule has 0 N–H and O–H groups in total. The Kier molecular flexibility index (Phi) is 9.06. The Morgan fingerprint density at radius 3 is 2.42 bits per heavy atom. The predicted molar refractivity (Wildman–Crippen MR) is 147 cm³/mol. The van der Waals surface area contributed by atoms with Gasteiger partial charge in [-0.3, -0.25) is 4.79 Å². The standard InChI is InChI=1S/C30H31BrO5/c1-33-26-16-15-21(20-27(26)34-2)29(32)28-24-13-6-7-14-25(24)36-30(28)22-11-10-12-23(19-22)35-18-9-5-3-4-8-17-31/h6-7,10-16,19-20H,3-5,8-9,17-18H2,1-2H3. The molecule has 0 fully saturated rings. The first kappa shape index (κ1) is 25.8. The molecule has 6 heteroatoms. The van der Waals surface area contributed by atoms with Crippen LogP contribution in [0.15, 0.2) is 71.1 Å². The monoisotopic (exact) mass is 550 g/mol. The first-order valence-corrected chi connectivity index (χ1v) is 13.4. The largest absolute Gasteiger partial charge is 0.494 e. The number of ether oxygens (including phenoxy) is 3. The first-order chi connectivity index (χ1) is 17.7. The average Bonchev–Trinajstić information content (AvgIpc) is 3.31. The third-order valence-electron chi connectivity index (χ3n) is 6.11. The van der Waals surface area contributed by atoms with Gasteiger partial charge in [-0.1, -0.05) is 65.5 Å². The maximum Gasteiger partial charge on any atom is 0.197 e. The summed E-state index contributed by atoms with van der Waals surface area (Å²) in [5, 5.41) is 1.83. The van der Waals surface area contributed by atoms with Gasteiger partial charge in [0.1, 0.15) is 17.1 Å². The summed E-state index contributed by atoms with van der Waals surface area (Å²) in [5.74, 6) is 2.21. The lowest BCUT2D eigenvalue weighted by atomic mass is 9.97. The Hall–Kier alpha value is -3.25. The molecule has 4 rings (SSSR count). The molecule has 0 unspecified atom stereocenters. The van der Waals surface area contributed by atoms with E-state index < -0.39 is 0 Å². The zero-order valence-corrected chi connectivity index (χ0v) is 22.3. The van der Waals surface area contributed by atoms with Gasteiger partial charge in [0.05, 0.1) is 26.4 Å². The van der Waals surface area contributed by atoms with E-state index >= 15 is 0 Å². The third-order valence-corrected chi connectivity index (χ3v) is 6.67. The van der Waals surface area contributed by atoms with Gasteiger partial charge in [0, 0.05) is 21.8 Å². The topological polar surface area (TPSA) is 57.9 Å². The number of para-hydroxylation sites is 1. The van der Waals surface area contributed by atoms with Crippen molar-refractivity contribution < 1.29 is 23.4 Å². The van der Waals surface area contributed by atoms with Gasteiger partial charge in [-0.15, -0.1) is 0 Å². The molecule has 3 aromatic carbocycles. The van der Waals surface area contributed by atoms with Crippen molar-refractivity contribution in [2.24, 2.45) is 0 Å². The summed E-state index contributed by atoms with van der Waals surface area (Å²) >= 11 is 3.48. The van der Waals surface area contributed by atoms with Crippen LogP contribution in [0.5, 0.6) is 17.2 Å². The Balaban J connectivity index is 1.62. The van der Waals surface area contributed by atoms with E-state index in [4.69, 9.17) is 18.6 Å². The predicted octanol–water partition coefficient (Wildman–Crippen LogP) is 8.07.